The van der Waals surface area contributed by atoms with Crippen LogP contribution in [0, 0.1) is 11.3 Å². The number of rotatable bonds is 2. The molecule has 1 N–H and O–H groups in total. The zero-order valence-corrected chi connectivity index (χ0v) is 11.1. The minimum absolute atomic E-state index is 0.211. The second kappa shape index (κ2) is 5.21. The largest absolute Gasteiger partial charge is 0.479 e. The minimum Gasteiger partial charge on any atom is -0.479 e. The Morgan fingerprint density at radius 3 is 2.81 bits per heavy atom. The Morgan fingerprint density at radius 1 is 1.33 bits per heavy atom. The van der Waals surface area contributed by atoms with Crippen molar-refractivity contribution in [1.29, 1.82) is 5.26 Å². The van der Waals surface area contributed by atoms with Crippen LogP contribution in [0.1, 0.15) is 22.9 Å². The summed E-state index contributed by atoms with van der Waals surface area (Å²) in [5, 5.41) is 18.3. The van der Waals surface area contributed by atoms with Gasteiger partial charge in [0.05, 0.1) is 12.4 Å². The summed E-state index contributed by atoms with van der Waals surface area (Å²) in [5.41, 5.74) is 2.04. The van der Waals surface area contributed by atoms with Crippen LogP contribution in [0.2, 0.25) is 0 Å². The molecule has 0 bridgehead atoms. The summed E-state index contributed by atoms with van der Waals surface area (Å²) < 4.78 is 0. The average molecular weight is 280 g/mol. The molecule has 1 aromatic carbocycles. The summed E-state index contributed by atoms with van der Waals surface area (Å²) in [4.78, 5) is 21.5. The van der Waals surface area contributed by atoms with E-state index < -0.39 is 12.0 Å². The maximum atomic E-state index is 11.7. The Labute approximate surface area is 121 Å². The summed E-state index contributed by atoms with van der Waals surface area (Å²) in [6.07, 6.45) is 3.55. The summed E-state index contributed by atoms with van der Waals surface area (Å²) in [6, 6.07) is 8.65. The van der Waals surface area contributed by atoms with Crippen molar-refractivity contribution in [1.82, 2.24) is 9.97 Å². The third kappa shape index (κ3) is 2.30. The van der Waals surface area contributed by atoms with Gasteiger partial charge in [0, 0.05) is 6.54 Å². The minimum atomic E-state index is -0.923. The summed E-state index contributed by atoms with van der Waals surface area (Å²) in [6.45, 7) is 0.550. The molecule has 1 aliphatic rings. The molecule has 1 atom stereocenters. The molecule has 6 heteroatoms. The molecule has 0 fully saturated rings. The van der Waals surface area contributed by atoms with E-state index in [4.69, 9.17) is 5.26 Å². The standard InChI is InChI=1S/C15H12N4O2/c16-7-11-8-18-13(9-17-11)19-6-5-10-3-1-2-4-12(10)14(19)15(20)21/h1-4,8-9,14H,5-6H2,(H,20,21). The Bertz CT molecular complexity index is 721. The molecular weight excluding hydrogens is 268 g/mol. The molecule has 104 valence electrons. The van der Waals surface area contributed by atoms with E-state index in [2.05, 4.69) is 9.97 Å². The molecule has 0 amide bonds. The van der Waals surface area contributed by atoms with Gasteiger partial charge in [-0.1, -0.05) is 24.3 Å². The number of hydrogen-bond acceptors (Lipinski definition) is 5. The van der Waals surface area contributed by atoms with Crippen molar-refractivity contribution in [2.75, 3.05) is 11.4 Å². The number of anilines is 1. The Balaban J connectivity index is 2.02. The Morgan fingerprint density at radius 2 is 2.14 bits per heavy atom. The van der Waals surface area contributed by atoms with Crippen LogP contribution in [0.15, 0.2) is 36.7 Å². The predicted molar refractivity (Wildman–Crippen MR) is 74.6 cm³/mol. The molecule has 1 aliphatic heterocycles. The van der Waals surface area contributed by atoms with Crippen molar-refractivity contribution >= 4 is 11.8 Å². The van der Waals surface area contributed by atoms with Crippen molar-refractivity contribution in [3.8, 4) is 6.07 Å². The van der Waals surface area contributed by atoms with Crippen LogP contribution in [0.3, 0.4) is 0 Å². The van der Waals surface area contributed by atoms with Gasteiger partial charge in [0.15, 0.2) is 11.7 Å². The first kappa shape index (κ1) is 13.1. The molecular formula is C15H12N4O2. The number of carboxylic acid groups (broad SMARTS) is 1. The Kier molecular flexibility index (Phi) is 3.24. The average Bonchev–Trinajstić information content (AvgIpc) is 2.53. The number of aromatic nitrogens is 2. The van der Waals surface area contributed by atoms with E-state index in [0.29, 0.717) is 12.4 Å². The van der Waals surface area contributed by atoms with Gasteiger partial charge >= 0.3 is 5.97 Å². The van der Waals surface area contributed by atoms with E-state index in [-0.39, 0.29) is 5.69 Å². The van der Waals surface area contributed by atoms with E-state index in [9.17, 15) is 9.90 Å². The number of nitriles is 1. The third-order valence-electron chi connectivity index (χ3n) is 3.56. The van der Waals surface area contributed by atoms with E-state index in [0.717, 1.165) is 17.5 Å². The molecule has 3 rings (SSSR count). The van der Waals surface area contributed by atoms with Gasteiger partial charge in [0.1, 0.15) is 11.9 Å². The van der Waals surface area contributed by atoms with Crippen LogP contribution < -0.4 is 4.90 Å². The van der Waals surface area contributed by atoms with Crippen LogP contribution in [-0.4, -0.2) is 27.6 Å². The van der Waals surface area contributed by atoms with Gasteiger partial charge in [-0.15, -0.1) is 0 Å². The maximum absolute atomic E-state index is 11.7. The van der Waals surface area contributed by atoms with Gasteiger partial charge < -0.3 is 10.0 Å². The number of hydrogen-bond donors (Lipinski definition) is 1. The quantitative estimate of drug-likeness (QED) is 0.897. The molecule has 0 saturated heterocycles. The van der Waals surface area contributed by atoms with Crippen LogP contribution in [0.25, 0.3) is 0 Å². The van der Waals surface area contributed by atoms with Gasteiger partial charge in [-0.2, -0.15) is 5.26 Å². The number of carbonyl (C=O) groups is 1. The highest BCUT2D eigenvalue weighted by Crippen LogP contribution is 2.32. The van der Waals surface area contributed by atoms with Crippen molar-refractivity contribution in [2.24, 2.45) is 0 Å². The van der Waals surface area contributed by atoms with Crippen molar-refractivity contribution in [3.63, 3.8) is 0 Å². The smallest absolute Gasteiger partial charge is 0.331 e. The number of carboxylic acids is 1. The number of benzene rings is 1. The van der Waals surface area contributed by atoms with Crippen LogP contribution in [0.5, 0.6) is 0 Å². The molecule has 1 unspecified atom stereocenters. The van der Waals surface area contributed by atoms with Gasteiger partial charge in [-0.25, -0.2) is 14.8 Å². The fourth-order valence-corrected chi connectivity index (χ4v) is 2.61. The van der Waals surface area contributed by atoms with Gasteiger partial charge in [-0.05, 0) is 17.5 Å². The lowest BCUT2D eigenvalue weighted by Gasteiger charge is -2.35. The predicted octanol–water partition coefficient (Wildman–Crippen LogP) is 1.54. The van der Waals surface area contributed by atoms with Crippen LogP contribution in [0.4, 0.5) is 5.82 Å². The first-order valence-electron chi connectivity index (χ1n) is 6.50. The Hall–Kier alpha value is -2.94. The zero-order chi connectivity index (χ0) is 14.8. The molecule has 0 spiro atoms. The van der Waals surface area contributed by atoms with E-state index in [1.807, 2.05) is 30.3 Å². The maximum Gasteiger partial charge on any atom is 0.331 e. The SMILES string of the molecule is N#Cc1cnc(N2CCc3ccccc3C2C(=O)O)cn1. The lowest BCUT2D eigenvalue weighted by molar-refractivity contribution is -0.138. The highest BCUT2D eigenvalue weighted by atomic mass is 16.4. The van der Waals surface area contributed by atoms with Gasteiger partial charge in [0.2, 0.25) is 0 Å². The summed E-state index contributed by atoms with van der Waals surface area (Å²) in [7, 11) is 0. The molecule has 0 aliphatic carbocycles. The van der Waals surface area contributed by atoms with Crippen LogP contribution >= 0.6 is 0 Å². The number of aliphatic carboxylic acids is 1. The first-order valence-corrected chi connectivity index (χ1v) is 6.50. The van der Waals surface area contributed by atoms with Crippen molar-refractivity contribution in [3.05, 3.63) is 53.5 Å². The molecule has 21 heavy (non-hydrogen) atoms. The fraction of sp³-hybridized carbons (Fsp3) is 0.200. The second-order valence-corrected chi connectivity index (χ2v) is 4.75. The zero-order valence-electron chi connectivity index (χ0n) is 11.1. The molecule has 1 aromatic heterocycles. The lowest BCUT2D eigenvalue weighted by atomic mass is 9.92. The number of fused-ring (bicyclic) bond motifs is 1. The van der Waals surface area contributed by atoms with Crippen molar-refractivity contribution < 1.29 is 9.90 Å². The summed E-state index contributed by atoms with van der Waals surface area (Å²) in [5.74, 6) is -0.454. The molecule has 6 nitrogen and oxygen atoms in total. The highest BCUT2D eigenvalue weighted by Gasteiger charge is 2.33. The summed E-state index contributed by atoms with van der Waals surface area (Å²) >= 11 is 0. The molecule has 2 heterocycles. The molecule has 0 saturated carbocycles. The topological polar surface area (TPSA) is 90.1 Å². The third-order valence-corrected chi connectivity index (χ3v) is 3.56. The monoisotopic (exact) mass is 280 g/mol. The van der Waals surface area contributed by atoms with E-state index >= 15 is 0 Å². The van der Waals surface area contributed by atoms with E-state index in [1.54, 1.807) is 4.90 Å². The van der Waals surface area contributed by atoms with Gasteiger partial charge in [0.25, 0.3) is 0 Å². The lowest BCUT2D eigenvalue weighted by Crippen LogP contribution is -2.40. The second-order valence-electron chi connectivity index (χ2n) is 4.75. The van der Waals surface area contributed by atoms with E-state index in [1.165, 1.54) is 12.4 Å². The molecule has 2 aromatic rings. The van der Waals surface area contributed by atoms with Gasteiger partial charge in [-0.3, -0.25) is 0 Å². The van der Waals surface area contributed by atoms with Crippen LogP contribution in [-0.2, 0) is 11.2 Å². The molecule has 0 radical (unpaired) electrons. The highest BCUT2D eigenvalue weighted by molar-refractivity contribution is 5.81. The first-order chi connectivity index (χ1) is 10.2. The number of nitrogens with zero attached hydrogens (tertiary/aromatic N) is 4. The fourth-order valence-electron chi connectivity index (χ4n) is 2.61. The normalized spacial score (nSPS) is 16.9. The van der Waals surface area contributed by atoms with Crippen molar-refractivity contribution in [2.45, 2.75) is 12.5 Å².